The van der Waals surface area contributed by atoms with Crippen molar-refractivity contribution in [2.75, 3.05) is 11.5 Å². The van der Waals surface area contributed by atoms with Crippen molar-refractivity contribution in [3.63, 3.8) is 0 Å². The molecule has 0 amide bonds. The molecule has 92 valence electrons. The number of carboxylic acids is 1. The van der Waals surface area contributed by atoms with Gasteiger partial charge in [-0.3, -0.25) is 4.79 Å². The summed E-state index contributed by atoms with van der Waals surface area (Å²) in [7, 11) is 0. The molecule has 0 atom stereocenters. The number of carboxylic acid groups (broad SMARTS) is 1. The summed E-state index contributed by atoms with van der Waals surface area (Å²) in [4.78, 5) is 21.6. The predicted octanol–water partition coefficient (Wildman–Crippen LogP) is 2.09. The van der Waals surface area contributed by atoms with Gasteiger partial charge in [-0.15, -0.1) is 11.8 Å². The van der Waals surface area contributed by atoms with E-state index < -0.39 is 11.6 Å². The van der Waals surface area contributed by atoms with Crippen LogP contribution in [0.25, 0.3) is 0 Å². The lowest BCUT2D eigenvalue weighted by Crippen LogP contribution is -2.25. The molecule has 0 heterocycles. The normalized spacial score (nSPS) is 12.4. The average molecular weight is 246 g/mol. The van der Waals surface area contributed by atoms with E-state index in [2.05, 4.69) is 0 Å². The predicted molar refractivity (Wildman–Crippen MR) is 64.6 cm³/mol. The van der Waals surface area contributed by atoms with Crippen LogP contribution in [0.4, 0.5) is 0 Å². The third-order valence-electron chi connectivity index (χ3n) is 1.34. The molecule has 0 bridgehead atoms. The molecule has 0 aromatic rings. The molecule has 4 nitrogen and oxygen atoms in total. The van der Waals surface area contributed by atoms with Gasteiger partial charge in [-0.25, -0.2) is 4.79 Å². The molecule has 0 aliphatic carbocycles. The number of hydrogen-bond donors (Lipinski definition) is 1. The number of carbonyl (C=O) groups excluding carboxylic acids is 1. The molecular formula is C11H18O4S. The molecule has 0 fully saturated rings. The number of carbonyl (C=O) groups is 2. The molecule has 1 N–H and O–H groups in total. The van der Waals surface area contributed by atoms with Crippen LogP contribution in [-0.2, 0) is 14.3 Å². The maximum absolute atomic E-state index is 11.3. The number of esters is 1. The van der Waals surface area contributed by atoms with Crippen molar-refractivity contribution in [3.05, 3.63) is 11.6 Å². The van der Waals surface area contributed by atoms with Crippen LogP contribution in [0.15, 0.2) is 11.6 Å². The maximum Gasteiger partial charge on any atom is 0.328 e. The largest absolute Gasteiger partial charge is 0.478 e. The first-order valence-corrected chi connectivity index (χ1v) is 6.06. The maximum atomic E-state index is 11.3. The minimum Gasteiger partial charge on any atom is -0.478 e. The van der Waals surface area contributed by atoms with Gasteiger partial charge in [-0.2, -0.15) is 0 Å². The van der Waals surface area contributed by atoms with Crippen LogP contribution < -0.4 is 0 Å². The first-order valence-electron chi connectivity index (χ1n) is 4.90. The number of thioether (sulfide) groups is 1. The zero-order valence-electron chi connectivity index (χ0n) is 10.1. The van der Waals surface area contributed by atoms with E-state index in [9.17, 15) is 9.59 Å². The summed E-state index contributed by atoms with van der Waals surface area (Å²) < 4.78 is 5.11. The van der Waals surface area contributed by atoms with Gasteiger partial charge in [-0.1, -0.05) is 5.57 Å². The van der Waals surface area contributed by atoms with E-state index in [1.165, 1.54) is 11.8 Å². The minimum atomic E-state index is -0.963. The number of ether oxygens (including phenoxy) is 1. The summed E-state index contributed by atoms with van der Waals surface area (Å²) in [5.74, 6) is -0.482. The van der Waals surface area contributed by atoms with Crippen molar-refractivity contribution in [1.29, 1.82) is 0 Å². The van der Waals surface area contributed by atoms with E-state index >= 15 is 0 Å². The highest BCUT2D eigenvalue weighted by Crippen LogP contribution is 2.12. The van der Waals surface area contributed by atoms with Gasteiger partial charge in [0.25, 0.3) is 0 Å². The molecule has 0 spiro atoms. The Hall–Kier alpha value is -0.970. The van der Waals surface area contributed by atoms with Gasteiger partial charge >= 0.3 is 11.9 Å². The Bertz CT molecular complexity index is 289. The van der Waals surface area contributed by atoms with Crippen LogP contribution >= 0.6 is 11.8 Å². The molecular weight excluding hydrogens is 228 g/mol. The Balaban J connectivity index is 3.83. The smallest absolute Gasteiger partial charge is 0.328 e. The van der Waals surface area contributed by atoms with Crippen molar-refractivity contribution in [2.45, 2.75) is 33.3 Å². The highest BCUT2D eigenvalue weighted by Gasteiger charge is 2.15. The topological polar surface area (TPSA) is 63.6 Å². The lowest BCUT2D eigenvalue weighted by Gasteiger charge is -2.19. The fourth-order valence-electron chi connectivity index (χ4n) is 0.919. The summed E-state index contributed by atoms with van der Waals surface area (Å²) in [5.41, 5.74) is 0.255. The van der Waals surface area contributed by atoms with Crippen LogP contribution in [0.2, 0.25) is 0 Å². The van der Waals surface area contributed by atoms with Crippen molar-refractivity contribution in [1.82, 2.24) is 0 Å². The van der Waals surface area contributed by atoms with Gasteiger partial charge in [0.1, 0.15) is 5.60 Å². The van der Waals surface area contributed by atoms with Gasteiger partial charge < -0.3 is 9.84 Å². The Morgan fingerprint density at radius 3 is 2.31 bits per heavy atom. The van der Waals surface area contributed by atoms with Crippen LogP contribution in [0.1, 0.15) is 27.7 Å². The van der Waals surface area contributed by atoms with Gasteiger partial charge in [-0.05, 0) is 27.7 Å². The van der Waals surface area contributed by atoms with Crippen LogP contribution in [0, 0.1) is 0 Å². The Labute approximate surface area is 100 Å². The number of aliphatic carboxylic acids is 1. The Morgan fingerprint density at radius 1 is 1.31 bits per heavy atom. The molecule has 0 unspecified atom stereocenters. The molecule has 0 aliphatic rings. The van der Waals surface area contributed by atoms with Crippen LogP contribution in [0.5, 0.6) is 0 Å². The summed E-state index contributed by atoms with van der Waals surface area (Å²) in [6.07, 6.45) is 1.14. The fourth-order valence-corrected chi connectivity index (χ4v) is 1.65. The second-order valence-corrected chi connectivity index (χ2v) is 5.39. The molecule has 16 heavy (non-hydrogen) atoms. The standard InChI is InChI=1S/C11H18O4S/c1-8(5-9(12)13)6-16-7-10(14)15-11(2,3)4/h5H,6-7H2,1-4H3,(H,12,13). The number of hydrogen-bond acceptors (Lipinski definition) is 4. The minimum absolute atomic E-state index is 0.238. The average Bonchev–Trinajstić information content (AvgIpc) is 1.98. The van der Waals surface area contributed by atoms with E-state index in [4.69, 9.17) is 9.84 Å². The summed E-state index contributed by atoms with van der Waals surface area (Å²) in [5, 5.41) is 8.47. The second-order valence-electron chi connectivity index (χ2n) is 4.41. The molecule has 5 heteroatoms. The second kappa shape index (κ2) is 6.58. The van der Waals surface area contributed by atoms with Crippen molar-refractivity contribution in [2.24, 2.45) is 0 Å². The molecule has 0 aromatic heterocycles. The highest BCUT2D eigenvalue weighted by atomic mass is 32.2. The van der Waals surface area contributed by atoms with E-state index in [1.54, 1.807) is 6.92 Å². The van der Waals surface area contributed by atoms with E-state index in [-0.39, 0.29) is 11.7 Å². The molecule has 0 radical (unpaired) electrons. The summed E-state index contributed by atoms with van der Waals surface area (Å²) in [6, 6.07) is 0. The lowest BCUT2D eigenvalue weighted by molar-refractivity contribution is -0.151. The van der Waals surface area contributed by atoms with Crippen molar-refractivity contribution < 1.29 is 19.4 Å². The first kappa shape index (κ1) is 15.0. The molecule has 0 saturated carbocycles. The molecule has 0 aromatic carbocycles. The summed E-state index contributed by atoms with van der Waals surface area (Å²) >= 11 is 1.35. The third-order valence-corrected chi connectivity index (χ3v) is 2.44. The van der Waals surface area contributed by atoms with Gasteiger partial charge in [0.2, 0.25) is 0 Å². The monoisotopic (exact) mass is 246 g/mol. The van der Waals surface area contributed by atoms with E-state index in [1.807, 2.05) is 20.8 Å². The van der Waals surface area contributed by atoms with Gasteiger partial charge in [0.05, 0.1) is 5.75 Å². The highest BCUT2D eigenvalue weighted by molar-refractivity contribution is 8.00. The first-order chi connectivity index (χ1) is 7.20. The SMILES string of the molecule is CC(=CC(=O)O)CSCC(=O)OC(C)(C)C. The van der Waals surface area contributed by atoms with E-state index in [0.29, 0.717) is 5.75 Å². The quantitative estimate of drug-likeness (QED) is 0.594. The fraction of sp³-hybridized carbons (Fsp3) is 0.636. The lowest BCUT2D eigenvalue weighted by atomic mass is 10.2. The zero-order chi connectivity index (χ0) is 12.8. The zero-order valence-corrected chi connectivity index (χ0v) is 10.9. The van der Waals surface area contributed by atoms with Gasteiger partial charge in [0, 0.05) is 11.8 Å². The summed E-state index contributed by atoms with van der Waals surface area (Å²) in [6.45, 7) is 7.15. The molecule has 0 rings (SSSR count). The number of rotatable bonds is 5. The molecule has 0 saturated heterocycles. The van der Waals surface area contributed by atoms with E-state index in [0.717, 1.165) is 11.6 Å². The van der Waals surface area contributed by atoms with Gasteiger partial charge in [0.15, 0.2) is 0 Å². The third kappa shape index (κ3) is 9.58. The molecule has 0 aliphatic heterocycles. The van der Waals surface area contributed by atoms with Crippen LogP contribution in [0.3, 0.4) is 0 Å². The Kier molecular flexibility index (Phi) is 6.18. The van der Waals surface area contributed by atoms with Crippen molar-refractivity contribution >= 4 is 23.7 Å². The van der Waals surface area contributed by atoms with Crippen molar-refractivity contribution in [3.8, 4) is 0 Å². The Morgan fingerprint density at radius 2 is 1.88 bits per heavy atom. The van der Waals surface area contributed by atoms with Crippen LogP contribution in [-0.4, -0.2) is 34.2 Å².